The van der Waals surface area contributed by atoms with Crippen LogP contribution in [0.1, 0.15) is 30.7 Å². The molecule has 1 aliphatic heterocycles. The normalized spacial score (nSPS) is 18.1. The second-order valence-electron chi connectivity index (χ2n) is 7.92. The minimum Gasteiger partial charge on any atom is -0.374 e. The Hall–Kier alpha value is -1.47. The minimum atomic E-state index is -0.242. The molecule has 2 aromatic rings. The molecule has 1 aromatic heterocycles. The van der Waals surface area contributed by atoms with Crippen molar-refractivity contribution in [1.82, 2.24) is 20.0 Å². The first-order chi connectivity index (χ1) is 13.4. The summed E-state index contributed by atoms with van der Waals surface area (Å²) in [4.78, 5) is 2.47. The molecule has 3 rings (SSSR count). The third-order valence-electron chi connectivity index (χ3n) is 4.95. The molecule has 1 aromatic carbocycles. The first-order valence-corrected chi connectivity index (χ1v) is 10.3. The Morgan fingerprint density at radius 2 is 2.07 bits per heavy atom. The standard InChI is InChI=1S/C21H30ClFN4O/c1-15(2)12-26-8-9-28-19(14-26)10-24-11-20-16(3)25-27(21(20)22)13-17-4-6-18(23)7-5-17/h4-7,15,19,24H,8-14H2,1-3H3. The third kappa shape index (κ3) is 5.77. The highest BCUT2D eigenvalue weighted by Gasteiger charge is 2.21. The Labute approximate surface area is 171 Å². The molecular formula is C21H30ClFN4O. The fraction of sp³-hybridized carbons (Fsp3) is 0.571. The molecule has 1 saturated heterocycles. The maximum atomic E-state index is 13.1. The van der Waals surface area contributed by atoms with Crippen molar-refractivity contribution >= 4 is 11.6 Å². The van der Waals surface area contributed by atoms with Crippen molar-refractivity contribution in [3.8, 4) is 0 Å². The summed E-state index contributed by atoms with van der Waals surface area (Å²) < 4.78 is 20.7. The molecule has 0 saturated carbocycles. The number of halogens is 2. The number of morpholine rings is 1. The SMILES string of the molecule is Cc1nn(Cc2ccc(F)cc2)c(Cl)c1CNCC1CN(CC(C)C)CCO1. The van der Waals surface area contributed by atoms with Crippen LogP contribution < -0.4 is 5.32 Å². The zero-order valence-corrected chi connectivity index (χ0v) is 17.7. The Kier molecular flexibility index (Phi) is 7.46. The highest BCUT2D eigenvalue weighted by Crippen LogP contribution is 2.21. The van der Waals surface area contributed by atoms with Crippen molar-refractivity contribution in [1.29, 1.82) is 0 Å². The lowest BCUT2D eigenvalue weighted by Crippen LogP contribution is -2.47. The first-order valence-electron chi connectivity index (χ1n) is 9.93. The van der Waals surface area contributed by atoms with E-state index in [2.05, 4.69) is 29.2 Å². The van der Waals surface area contributed by atoms with Gasteiger partial charge in [0.2, 0.25) is 0 Å². The van der Waals surface area contributed by atoms with E-state index in [0.717, 1.165) is 49.6 Å². The molecule has 154 valence electrons. The lowest BCUT2D eigenvalue weighted by atomic mass is 10.1. The molecule has 0 spiro atoms. The second-order valence-corrected chi connectivity index (χ2v) is 8.27. The molecule has 1 unspecified atom stereocenters. The highest BCUT2D eigenvalue weighted by atomic mass is 35.5. The summed E-state index contributed by atoms with van der Waals surface area (Å²) in [5.41, 5.74) is 2.87. The van der Waals surface area contributed by atoms with Crippen LogP contribution in [-0.4, -0.2) is 53.6 Å². The molecule has 7 heteroatoms. The monoisotopic (exact) mass is 408 g/mol. The van der Waals surface area contributed by atoms with Crippen LogP contribution in [0.15, 0.2) is 24.3 Å². The molecule has 0 bridgehead atoms. The van der Waals surface area contributed by atoms with Crippen molar-refractivity contribution in [2.24, 2.45) is 5.92 Å². The number of nitrogens with zero attached hydrogens (tertiary/aromatic N) is 3. The van der Waals surface area contributed by atoms with Gasteiger partial charge in [0.15, 0.2) is 0 Å². The van der Waals surface area contributed by atoms with Crippen LogP contribution in [0, 0.1) is 18.7 Å². The predicted octanol–water partition coefficient (Wildman–Crippen LogP) is 3.48. The number of nitrogens with one attached hydrogen (secondary N) is 1. The number of benzene rings is 1. The molecule has 1 N–H and O–H groups in total. The van der Waals surface area contributed by atoms with Gasteiger partial charge in [-0.05, 0) is 30.5 Å². The van der Waals surface area contributed by atoms with E-state index in [1.54, 1.807) is 16.8 Å². The molecule has 0 amide bonds. The zero-order valence-electron chi connectivity index (χ0n) is 16.9. The van der Waals surface area contributed by atoms with Crippen LogP contribution in [-0.2, 0) is 17.8 Å². The van der Waals surface area contributed by atoms with Crippen LogP contribution >= 0.6 is 11.6 Å². The Bertz CT molecular complexity index is 763. The summed E-state index contributed by atoms with van der Waals surface area (Å²) in [6, 6.07) is 6.41. The van der Waals surface area contributed by atoms with Crippen molar-refractivity contribution in [2.75, 3.05) is 32.8 Å². The van der Waals surface area contributed by atoms with E-state index in [1.165, 1.54) is 12.1 Å². The first kappa shape index (κ1) is 21.2. The van der Waals surface area contributed by atoms with Gasteiger partial charge in [-0.15, -0.1) is 0 Å². The molecule has 1 fully saturated rings. The minimum absolute atomic E-state index is 0.195. The number of aromatic nitrogens is 2. The Morgan fingerprint density at radius 3 is 2.79 bits per heavy atom. The van der Waals surface area contributed by atoms with Crippen molar-refractivity contribution < 1.29 is 9.13 Å². The highest BCUT2D eigenvalue weighted by molar-refractivity contribution is 6.30. The topological polar surface area (TPSA) is 42.3 Å². The molecule has 1 atom stereocenters. The smallest absolute Gasteiger partial charge is 0.132 e. The summed E-state index contributed by atoms with van der Waals surface area (Å²) in [5.74, 6) is 0.424. The number of rotatable bonds is 8. The fourth-order valence-corrected chi connectivity index (χ4v) is 3.90. The van der Waals surface area contributed by atoms with E-state index in [1.807, 2.05) is 6.92 Å². The number of aryl methyl sites for hydroxylation is 1. The van der Waals surface area contributed by atoms with Crippen molar-refractivity contribution in [3.63, 3.8) is 0 Å². The van der Waals surface area contributed by atoms with Gasteiger partial charge in [-0.25, -0.2) is 9.07 Å². The molecule has 0 radical (unpaired) electrons. The van der Waals surface area contributed by atoms with Crippen molar-refractivity contribution in [2.45, 2.75) is 40.0 Å². The molecular weight excluding hydrogens is 379 g/mol. The van der Waals surface area contributed by atoms with E-state index in [0.29, 0.717) is 24.2 Å². The van der Waals surface area contributed by atoms with Gasteiger partial charge >= 0.3 is 0 Å². The summed E-state index contributed by atoms with van der Waals surface area (Å²) in [6.07, 6.45) is 0.195. The van der Waals surface area contributed by atoms with E-state index in [9.17, 15) is 4.39 Å². The van der Waals surface area contributed by atoms with Gasteiger partial charge in [-0.3, -0.25) is 4.90 Å². The molecule has 2 heterocycles. The molecule has 28 heavy (non-hydrogen) atoms. The number of hydrogen-bond acceptors (Lipinski definition) is 4. The van der Waals surface area contributed by atoms with E-state index < -0.39 is 0 Å². The lowest BCUT2D eigenvalue weighted by Gasteiger charge is -2.34. The lowest BCUT2D eigenvalue weighted by molar-refractivity contribution is -0.0303. The van der Waals surface area contributed by atoms with Gasteiger partial charge in [0.1, 0.15) is 11.0 Å². The second kappa shape index (κ2) is 9.83. The summed E-state index contributed by atoms with van der Waals surface area (Å²) in [7, 11) is 0. The van der Waals surface area contributed by atoms with Gasteiger partial charge < -0.3 is 10.1 Å². The summed E-state index contributed by atoms with van der Waals surface area (Å²) >= 11 is 6.56. The van der Waals surface area contributed by atoms with Gasteiger partial charge in [0, 0.05) is 38.3 Å². The molecule has 0 aliphatic carbocycles. The van der Waals surface area contributed by atoms with Crippen LogP contribution in [0.4, 0.5) is 4.39 Å². The van der Waals surface area contributed by atoms with Crippen LogP contribution in [0.25, 0.3) is 0 Å². The zero-order chi connectivity index (χ0) is 20.1. The molecule has 5 nitrogen and oxygen atoms in total. The number of ether oxygens (including phenoxy) is 1. The number of hydrogen-bond donors (Lipinski definition) is 1. The maximum absolute atomic E-state index is 13.1. The van der Waals surface area contributed by atoms with Gasteiger partial charge in [0.05, 0.1) is 24.9 Å². The quantitative estimate of drug-likeness (QED) is 0.726. The summed E-state index contributed by atoms with van der Waals surface area (Å²) in [6.45, 7) is 12.3. The average molecular weight is 409 g/mol. The van der Waals surface area contributed by atoms with Crippen LogP contribution in [0.2, 0.25) is 5.15 Å². The van der Waals surface area contributed by atoms with E-state index in [-0.39, 0.29) is 11.9 Å². The third-order valence-corrected chi connectivity index (χ3v) is 5.37. The average Bonchev–Trinajstić information content (AvgIpc) is 2.91. The fourth-order valence-electron chi connectivity index (χ4n) is 3.60. The maximum Gasteiger partial charge on any atom is 0.132 e. The van der Waals surface area contributed by atoms with Crippen molar-refractivity contribution in [3.05, 3.63) is 52.1 Å². The van der Waals surface area contributed by atoms with Gasteiger partial charge in [-0.1, -0.05) is 37.6 Å². The van der Waals surface area contributed by atoms with E-state index >= 15 is 0 Å². The van der Waals surface area contributed by atoms with Gasteiger partial charge in [-0.2, -0.15) is 5.10 Å². The predicted molar refractivity (Wildman–Crippen MR) is 110 cm³/mol. The molecule has 1 aliphatic rings. The van der Waals surface area contributed by atoms with Crippen LogP contribution in [0.5, 0.6) is 0 Å². The van der Waals surface area contributed by atoms with E-state index in [4.69, 9.17) is 16.3 Å². The Morgan fingerprint density at radius 1 is 1.32 bits per heavy atom. The summed E-state index contributed by atoms with van der Waals surface area (Å²) in [5, 5.41) is 8.65. The Balaban J connectivity index is 1.53. The largest absolute Gasteiger partial charge is 0.374 e. The van der Waals surface area contributed by atoms with Crippen LogP contribution in [0.3, 0.4) is 0 Å². The van der Waals surface area contributed by atoms with Gasteiger partial charge in [0.25, 0.3) is 0 Å².